The molecule has 0 heterocycles. The fraction of sp³-hybridized carbons (Fsp3) is 0.300. The summed E-state index contributed by atoms with van der Waals surface area (Å²) in [6.07, 6.45) is 2.16. The van der Waals surface area contributed by atoms with E-state index in [-0.39, 0.29) is 12.3 Å². The molecule has 2 rings (SSSR count). The van der Waals surface area contributed by atoms with Crippen LogP contribution < -0.4 is 20.3 Å². The minimum atomic E-state index is -0.394. The molecule has 26 heavy (non-hydrogen) atoms. The van der Waals surface area contributed by atoms with Gasteiger partial charge in [-0.05, 0) is 42.3 Å². The van der Waals surface area contributed by atoms with Crippen molar-refractivity contribution < 1.29 is 19.1 Å². The van der Waals surface area contributed by atoms with E-state index in [1.165, 1.54) is 0 Å². The maximum atomic E-state index is 12.2. The molecule has 0 saturated heterocycles. The van der Waals surface area contributed by atoms with E-state index >= 15 is 0 Å². The Morgan fingerprint density at radius 3 is 2.46 bits per heavy atom. The standard InChI is InChI=1S/C20H24N2O4/c1-3-4-12-26-18-7-5-6-16(14-18)20(24)22-21-19(23)13-15-8-10-17(25-2)11-9-15/h5-11,14H,3-4,12-13H2,1-2H3,(H,21,23)(H,22,24). The molecule has 0 atom stereocenters. The molecule has 0 aliphatic rings. The number of methoxy groups -OCH3 is 1. The van der Waals surface area contributed by atoms with Gasteiger partial charge in [-0.2, -0.15) is 0 Å². The second-order valence-electron chi connectivity index (χ2n) is 5.76. The average molecular weight is 356 g/mol. The van der Waals surface area contributed by atoms with Crippen LogP contribution in [0.4, 0.5) is 0 Å². The van der Waals surface area contributed by atoms with Gasteiger partial charge in [-0.15, -0.1) is 0 Å². The summed E-state index contributed by atoms with van der Waals surface area (Å²) in [7, 11) is 1.58. The largest absolute Gasteiger partial charge is 0.497 e. The predicted octanol–water partition coefficient (Wildman–Crippen LogP) is 2.88. The number of benzene rings is 2. The molecule has 6 nitrogen and oxygen atoms in total. The summed E-state index contributed by atoms with van der Waals surface area (Å²) >= 11 is 0. The van der Waals surface area contributed by atoms with Gasteiger partial charge >= 0.3 is 0 Å². The van der Waals surface area contributed by atoms with E-state index in [4.69, 9.17) is 9.47 Å². The molecule has 138 valence electrons. The normalized spacial score (nSPS) is 10.1. The number of carbonyl (C=O) groups excluding carboxylic acids is 2. The molecule has 2 amide bonds. The molecule has 2 aromatic carbocycles. The van der Waals surface area contributed by atoms with Crippen molar-refractivity contribution in [2.45, 2.75) is 26.2 Å². The Balaban J connectivity index is 1.83. The molecule has 0 spiro atoms. The average Bonchev–Trinajstić information content (AvgIpc) is 2.67. The molecular weight excluding hydrogens is 332 g/mol. The first-order valence-electron chi connectivity index (χ1n) is 8.57. The van der Waals surface area contributed by atoms with E-state index in [0.717, 1.165) is 24.2 Å². The molecule has 0 fully saturated rings. The van der Waals surface area contributed by atoms with Crippen LogP contribution in [0, 0.1) is 0 Å². The maximum absolute atomic E-state index is 12.2. The van der Waals surface area contributed by atoms with Crippen molar-refractivity contribution in [2.75, 3.05) is 13.7 Å². The summed E-state index contributed by atoms with van der Waals surface area (Å²) in [6, 6.07) is 14.0. The van der Waals surface area contributed by atoms with Crippen LogP contribution in [-0.2, 0) is 11.2 Å². The third-order valence-corrected chi connectivity index (χ3v) is 3.70. The minimum Gasteiger partial charge on any atom is -0.497 e. The highest BCUT2D eigenvalue weighted by Crippen LogP contribution is 2.14. The zero-order chi connectivity index (χ0) is 18.8. The van der Waals surface area contributed by atoms with Crippen LogP contribution in [0.15, 0.2) is 48.5 Å². The third kappa shape index (κ3) is 6.12. The quantitative estimate of drug-likeness (QED) is 0.563. The SMILES string of the molecule is CCCCOc1cccc(C(=O)NNC(=O)Cc2ccc(OC)cc2)c1. The predicted molar refractivity (Wildman–Crippen MR) is 99.2 cm³/mol. The van der Waals surface area contributed by atoms with Crippen molar-refractivity contribution in [1.82, 2.24) is 10.9 Å². The molecule has 0 saturated carbocycles. The number of carbonyl (C=O) groups is 2. The van der Waals surface area contributed by atoms with Crippen molar-refractivity contribution in [2.24, 2.45) is 0 Å². The highest BCUT2D eigenvalue weighted by Gasteiger charge is 2.09. The van der Waals surface area contributed by atoms with Crippen molar-refractivity contribution >= 4 is 11.8 Å². The van der Waals surface area contributed by atoms with Gasteiger partial charge in [0.2, 0.25) is 5.91 Å². The van der Waals surface area contributed by atoms with Crippen molar-refractivity contribution in [3.05, 3.63) is 59.7 Å². The number of hydrogen-bond donors (Lipinski definition) is 2. The highest BCUT2D eigenvalue weighted by atomic mass is 16.5. The van der Waals surface area contributed by atoms with E-state index in [1.807, 2.05) is 0 Å². The molecule has 0 unspecified atom stereocenters. The molecule has 0 aliphatic carbocycles. The second kappa shape index (κ2) is 10.1. The summed E-state index contributed by atoms with van der Waals surface area (Å²) < 4.78 is 10.7. The van der Waals surface area contributed by atoms with Crippen LogP contribution >= 0.6 is 0 Å². The Morgan fingerprint density at radius 2 is 1.77 bits per heavy atom. The van der Waals surface area contributed by atoms with E-state index in [2.05, 4.69) is 17.8 Å². The van der Waals surface area contributed by atoms with E-state index in [9.17, 15) is 9.59 Å². The van der Waals surface area contributed by atoms with Crippen LogP contribution in [0.1, 0.15) is 35.7 Å². The zero-order valence-corrected chi connectivity index (χ0v) is 15.1. The van der Waals surface area contributed by atoms with Gasteiger partial charge in [0.15, 0.2) is 0 Å². The molecule has 2 aromatic rings. The fourth-order valence-electron chi connectivity index (χ4n) is 2.23. The number of ether oxygens (including phenoxy) is 2. The van der Waals surface area contributed by atoms with Gasteiger partial charge in [0.25, 0.3) is 5.91 Å². The van der Waals surface area contributed by atoms with E-state index in [1.54, 1.807) is 55.6 Å². The molecule has 0 aromatic heterocycles. The summed E-state index contributed by atoms with van der Waals surface area (Å²) in [5, 5.41) is 0. The molecule has 0 bridgehead atoms. The molecule has 2 N–H and O–H groups in total. The van der Waals surface area contributed by atoms with Gasteiger partial charge in [-0.1, -0.05) is 31.5 Å². The van der Waals surface area contributed by atoms with Crippen LogP contribution in [0.25, 0.3) is 0 Å². The van der Waals surface area contributed by atoms with Gasteiger partial charge in [-0.25, -0.2) is 0 Å². The topological polar surface area (TPSA) is 76.7 Å². The van der Waals surface area contributed by atoms with Gasteiger partial charge in [0.1, 0.15) is 11.5 Å². The van der Waals surface area contributed by atoms with Crippen LogP contribution in [-0.4, -0.2) is 25.5 Å². The van der Waals surface area contributed by atoms with Crippen molar-refractivity contribution in [3.63, 3.8) is 0 Å². The third-order valence-electron chi connectivity index (χ3n) is 3.70. The van der Waals surface area contributed by atoms with E-state index in [0.29, 0.717) is 17.9 Å². The summed E-state index contributed by atoms with van der Waals surface area (Å²) in [6.45, 7) is 2.70. The number of nitrogens with one attached hydrogen (secondary N) is 2. The number of hydrogen-bond acceptors (Lipinski definition) is 4. The monoisotopic (exact) mass is 356 g/mol. The van der Waals surface area contributed by atoms with Gasteiger partial charge in [0.05, 0.1) is 20.1 Å². The first-order chi connectivity index (χ1) is 12.6. The number of hydrazine groups is 1. The molecule has 6 heteroatoms. The fourth-order valence-corrected chi connectivity index (χ4v) is 2.23. The maximum Gasteiger partial charge on any atom is 0.269 e. The van der Waals surface area contributed by atoms with Crippen molar-refractivity contribution in [3.8, 4) is 11.5 Å². The first kappa shape index (κ1) is 19.3. The van der Waals surface area contributed by atoms with Crippen LogP contribution in [0.5, 0.6) is 11.5 Å². The summed E-state index contributed by atoms with van der Waals surface area (Å²) in [5.41, 5.74) is 6.08. The number of amides is 2. The lowest BCUT2D eigenvalue weighted by Crippen LogP contribution is -2.42. The summed E-state index contributed by atoms with van der Waals surface area (Å²) in [4.78, 5) is 24.1. The smallest absolute Gasteiger partial charge is 0.269 e. The zero-order valence-electron chi connectivity index (χ0n) is 15.1. The molecule has 0 radical (unpaired) electrons. The Hall–Kier alpha value is -3.02. The Kier molecular flexibility index (Phi) is 7.49. The molecule has 0 aliphatic heterocycles. The van der Waals surface area contributed by atoms with Crippen LogP contribution in [0.2, 0.25) is 0 Å². The first-order valence-corrected chi connectivity index (χ1v) is 8.57. The minimum absolute atomic E-state index is 0.157. The van der Waals surface area contributed by atoms with Crippen molar-refractivity contribution in [1.29, 1.82) is 0 Å². The lowest BCUT2D eigenvalue weighted by atomic mass is 10.1. The van der Waals surface area contributed by atoms with E-state index < -0.39 is 5.91 Å². The highest BCUT2D eigenvalue weighted by molar-refractivity contribution is 5.95. The van der Waals surface area contributed by atoms with Gasteiger partial charge < -0.3 is 9.47 Å². The number of rotatable bonds is 8. The van der Waals surface area contributed by atoms with Gasteiger partial charge in [-0.3, -0.25) is 20.4 Å². The Labute approximate surface area is 153 Å². The molecular formula is C20H24N2O4. The lowest BCUT2D eigenvalue weighted by Gasteiger charge is -2.10. The second-order valence-corrected chi connectivity index (χ2v) is 5.76. The lowest BCUT2D eigenvalue weighted by molar-refractivity contribution is -0.121. The Morgan fingerprint density at radius 1 is 1.00 bits per heavy atom. The van der Waals surface area contributed by atoms with Gasteiger partial charge in [0, 0.05) is 5.56 Å². The Bertz CT molecular complexity index is 729. The van der Waals surface area contributed by atoms with Crippen LogP contribution in [0.3, 0.4) is 0 Å². The summed E-state index contributed by atoms with van der Waals surface area (Å²) in [5.74, 6) is 0.659. The number of unbranched alkanes of at least 4 members (excludes halogenated alkanes) is 1.